The van der Waals surface area contributed by atoms with Crippen molar-refractivity contribution in [2.75, 3.05) is 0 Å². The van der Waals surface area contributed by atoms with Crippen molar-refractivity contribution < 1.29 is 0 Å². The Morgan fingerprint density at radius 1 is 1.17 bits per heavy atom. The van der Waals surface area contributed by atoms with E-state index in [0.717, 1.165) is 15.7 Å². The minimum absolute atomic E-state index is 0.947. The molecule has 0 fully saturated rings. The summed E-state index contributed by atoms with van der Waals surface area (Å²) in [6.45, 7) is 2.21. The van der Waals surface area contributed by atoms with Gasteiger partial charge in [-0.25, -0.2) is 9.97 Å². The van der Waals surface area contributed by atoms with Gasteiger partial charge in [-0.3, -0.25) is 0 Å². The number of hydrogen-bond acceptors (Lipinski definition) is 2. The molecule has 0 saturated heterocycles. The summed E-state index contributed by atoms with van der Waals surface area (Å²) in [5.74, 6) is 0. The van der Waals surface area contributed by atoms with Crippen LogP contribution in [-0.2, 0) is 0 Å². The van der Waals surface area contributed by atoms with Crippen molar-refractivity contribution in [1.82, 2.24) is 9.97 Å². The fourth-order valence-corrected chi connectivity index (χ4v) is 1.70. The summed E-state index contributed by atoms with van der Waals surface area (Å²) in [6.07, 6.45) is 6.03. The second-order valence-electron chi connectivity index (χ2n) is 3.96. The van der Waals surface area contributed by atoms with Gasteiger partial charge in [-0.15, -0.1) is 0 Å². The zero-order valence-corrected chi connectivity index (χ0v) is 12.5. The summed E-state index contributed by atoms with van der Waals surface area (Å²) in [5, 5.41) is 1.34. The molecule has 1 heterocycles. The third-order valence-corrected chi connectivity index (χ3v) is 2.96. The fraction of sp³-hybridized carbons (Fsp3) is 0.286. The van der Waals surface area contributed by atoms with Crippen LogP contribution >= 0.6 is 15.9 Å². The van der Waals surface area contributed by atoms with Gasteiger partial charge in [0.15, 0.2) is 0 Å². The van der Waals surface area contributed by atoms with Crippen molar-refractivity contribution in [3.8, 4) is 11.3 Å². The SMILES string of the molecule is Brc1ccc(-c2ccncn2)cc1.[Li][CH2]CCC. The molecular formula is C14H16BrLiN2. The van der Waals surface area contributed by atoms with E-state index in [-0.39, 0.29) is 0 Å². The molecule has 0 aliphatic carbocycles. The van der Waals surface area contributed by atoms with E-state index in [4.69, 9.17) is 0 Å². The number of hydrogen-bond donors (Lipinski definition) is 0. The third-order valence-electron chi connectivity index (χ3n) is 2.43. The summed E-state index contributed by atoms with van der Waals surface area (Å²) in [6, 6.07) is 9.93. The second kappa shape index (κ2) is 9.33. The number of rotatable bonds is 3. The number of nitrogens with zero attached hydrogens (tertiary/aromatic N) is 2. The first kappa shape index (κ1) is 15.4. The van der Waals surface area contributed by atoms with Crippen LogP contribution in [0.5, 0.6) is 0 Å². The van der Waals surface area contributed by atoms with Crippen LogP contribution in [0.15, 0.2) is 47.3 Å². The molecule has 0 unspecified atom stereocenters. The van der Waals surface area contributed by atoms with E-state index < -0.39 is 0 Å². The van der Waals surface area contributed by atoms with Gasteiger partial charge in [0.1, 0.15) is 6.33 Å². The van der Waals surface area contributed by atoms with E-state index in [0.29, 0.717) is 0 Å². The molecule has 0 bridgehead atoms. The zero-order valence-electron chi connectivity index (χ0n) is 10.9. The summed E-state index contributed by atoms with van der Waals surface area (Å²) in [7, 11) is 0. The van der Waals surface area contributed by atoms with Gasteiger partial charge in [-0.05, 0) is 18.2 Å². The zero-order chi connectivity index (χ0) is 13.2. The molecule has 0 atom stereocenters. The summed E-state index contributed by atoms with van der Waals surface area (Å²) < 4.78 is 1.07. The van der Waals surface area contributed by atoms with Crippen molar-refractivity contribution >= 4 is 33.6 Å². The van der Waals surface area contributed by atoms with Gasteiger partial charge in [0.25, 0.3) is 0 Å². The molecule has 0 aliphatic heterocycles. The average Bonchev–Trinajstić information content (AvgIpc) is 2.42. The molecule has 2 rings (SSSR count). The molecule has 4 heteroatoms. The van der Waals surface area contributed by atoms with Gasteiger partial charge in [0.2, 0.25) is 0 Å². The van der Waals surface area contributed by atoms with Gasteiger partial charge in [0, 0.05) is 16.2 Å². The first-order valence-corrected chi connectivity index (χ1v) is 7.09. The van der Waals surface area contributed by atoms with Crippen molar-refractivity contribution in [3.05, 3.63) is 47.3 Å². The molecule has 2 nitrogen and oxygen atoms in total. The molecule has 1 aromatic heterocycles. The van der Waals surface area contributed by atoms with Crippen LogP contribution in [0.3, 0.4) is 0 Å². The number of aromatic nitrogens is 2. The first-order chi connectivity index (χ1) is 8.77. The molecule has 0 N–H and O–H groups in total. The maximum atomic E-state index is 4.15. The molecular weight excluding hydrogens is 283 g/mol. The second-order valence-corrected chi connectivity index (χ2v) is 4.87. The number of halogens is 1. The van der Waals surface area contributed by atoms with Crippen LogP contribution in [0.2, 0.25) is 5.09 Å². The Labute approximate surface area is 127 Å². The summed E-state index contributed by atoms with van der Waals surface area (Å²) in [4.78, 5) is 8.02. The number of unbranched alkanes of at least 4 members (excludes halogenated alkanes) is 1. The average molecular weight is 299 g/mol. The Balaban J connectivity index is 0.000000280. The van der Waals surface area contributed by atoms with Gasteiger partial charge < -0.3 is 0 Å². The molecule has 0 radical (unpaired) electrons. The third kappa shape index (κ3) is 5.82. The van der Waals surface area contributed by atoms with Gasteiger partial charge in [-0.2, -0.15) is 0 Å². The quantitative estimate of drug-likeness (QED) is 0.791. The summed E-state index contributed by atoms with van der Waals surface area (Å²) in [5.41, 5.74) is 2.05. The molecule has 0 spiro atoms. The van der Waals surface area contributed by atoms with E-state index in [9.17, 15) is 0 Å². The van der Waals surface area contributed by atoms with Crippen molar-refractivity contribution in [2.24, 2.45) is 0 Å². The van der Waals surface area contributed by atoms with Crippen LogP contribution in [0.1, 0.15) is 19.8 Å². The molecule has 0 saturated carbocycles. The normalized spacial score (nSPS) is 9.56. The van der Waals surface area contributed by atoms with Gasteiger partial charge >= 0.3 is 42.6 Å². The van der Waals surface area contributed by atoms with Gasteiger partial charge in [0.05, 0.1) is 5.69 Å². The van der Waals surface area contributed by atoms with Crippen molar-refractivity contribution in [2.45, 2.75) is 24.9 Å². The van der Waals surface area contributed by atoms with E-state index in [1.165, 1.54) is 17.9 Å². The van der Waals surface area contributed by atoms with Crippen LogP contribution in [0.4, 0.5) is 0 Å². The standard InChI is InChI=1S/C10H7BrN2.C4H9.Li/c11-9-3-1-8(2-4-9)10-5-6-12-7-13-10;1-3-4-2;/h1-7H;1,3-4H2,2H3;. The van der Waals surface area contributed by atoms with Gasteiger partial charge in [-0.1, -0.05) is 28.1 Å². The maximum absolute atomic E-state index is 4.15. The molecule has 0 amide bonds. The Morgan fingerprint density at radius 3 is 2.33 bits per heavy atom. The van der Waals surface area contributed by atoms with Crippen LogP contribution in [0.25, 0.3) is 11.3 Å². The predicted octanol–water partition coefficient (Wildman–Crippen LogP) is 4.28. The topological polar surface area (TPSA) is 25.8 Å². The van der Waals surface area contributed by atoms with Crippen molar-refractivity contribution in [3.63, 3.8) is 0 Å². The molecule has 2 aromatic rings. The van der Waals surface area contributed by atoms with Crippen LogP contribution in [-0.4, -0.2) is 27.7 Å². The first-order valence-electron chi connectivity index (χ1n) is 6.29. The Morgan fingerprint density at radius 2 is 1.89 bits per heavy atom. The molecule has 0 aliphatic rings. The Hall–Kier alpha value is -0.623. The van der Waals surface area contributed by atoms with E-state index in [1.54, 1.807) is 12.5 Å². The summed E-state index contributed by atoms with van der Waals surface area (Å²) >= 11 is 5.60. The Bertz CT molecular complexity index is 429. The van der Waals surface area contributed by atoms with Crippen molar-refractivity contribution in [1.29, 1.82) is 0 Å². The fourth-order valence-electron chi connectivity index (χ4n) is 1.44. The van der Waals surface area contributed by atoms with E-state index in [1.807, 2.05) is 30.3 Å². The minimum atomic E-state index is 0.947. The number of benzene rings is 1. The van der Waals surface area contributed by atoms with E-state index in [2.05, 4.69) is 50.5 Å². The monoisotopic (exact) mass is 298 g/mol. The molecule has 18 heavy (non-hydrogen) atoms. The Kier molecular flexibility index (Phi) is 8.00. The van der Waals surface area contributed by atoms with Crippen LogP contribution < -0.4 is 0 Å². The van der Waals surface area contributed by atoms with E-state index >= 15 is 0 Å². The molecule has 1 aromatic carbocycles. The predicted molar refractivity (Wildman–Crippen MR) is 80.6 cm³/mol. The van der Waals surface area contributed by atoms with Crippen LogP contribution in [0, 0.1) is 0 Å². The molecule has 90 valence electrons.